The Balaban J connectivity index is -0.000000239. The zero-order valence-electron chi connectivity index (χ0n) is 12.9. The van der Waals surface area contributed by atoms with Crippen molar-refractivity contribution >= 4 is 11.8 Å². The monoisotopic (exact) mass is 276 g/mol. The average Bonchev–Trinajstić information content (AvgIpc) is 2.32. The van der Waals surface area contributed by atoms with Gasteiger partial charge in [-0.25, -0.2) is 0 Å². The smallest absolute Gasteiger partial charge is 0.313 e. The molecule has 0 saturated heterocycles. The molecule has 0 fully saturated rings. The van der Waals surface area contributed by atoms with Gasteiger partial charge in [-0.15, -0.1) is 13.2 Å². The number of Topliss-reactive ketones (excluding diaryl/α,β-unsaturated/α-hetero) is 1. The molecule has 0 aromatic carbocycles. The van der Waals surface area contributed by atoms with E-state index in [2.05, 4.69) is 17.9 Å². The number of carbonyl (C=O) groups is 2. The maximum absolute atomic E-state index is 10.4. The maximum Gasteiger partial charge on any atom is 0.313 e. The predicted octanol–water partition coefficient (Wildman–Crippen LogP) is 2.74. The van der Waals surface area contributed by atoms with Crippen LogP contribution in [-0.2, 0) is 23.8 Å². The van der Waals surface area contributed by atoms with Gasteiger partial charge in [0.25, 0.3) is 0 Å². The Bertz CT molecular complexity index is 210. The second-order valence-corrected chi connectivity index (χ2v) is 3.16. The molecule has 0 aliphatic rings. The molecule has 114 valence electrons. The molecule has 5 nitrogen and oxygen atoms in total. The van der Waals surface area contributed by atoms with Crippen LogP contribution in [0.15, 0.2) is 13.2 Å². The molecule has 0 N–H and O–H groups in total. The van der Waals surface area contributed by atoms with Gasteiger partial charge in [0, 0.05) is 13.2 Å². The van der Waals surface area contributed by atoms with Crippen molar-refractivity contribution in [2.45, 2.75) is 47.3 Å². The zero-order valence-corrected chi connectivity index (χ0v) is 12.9. The standard InChI is InChI=1S/C6H10O3.C6H14O2.C2H4/c1-3-9-6(8)4-5(2)7;1-4-7-6(3)8-5-2;1-2/h3-4H2,1-2H3;6H,4-5H2,1-3H3;1-2H2. The number of rotatable bonds is 7. The highest BCUT2D eigenvalue weighted by molar-refractivity contribution is 5.94. The normalized spacial score (nSPS) is 8.74. The van der Waals surface area contributed by atoms with Crippen molar-refractivity contribution in [3.05, 3.63) is 13.2 Å². The molecule has 19 heavy (non-hydrogen) atoms. The third-order valence-corrected chi connectivity index (χ3v) is 1.50. The third kappa shape index (κ3) is 26.4. The summed E-state index contributed by atoms with van der Waals surface area (Å²) < 4.78 is 14.6. The van der Waals surface area contributed by atoms with Gasteiger partial charge < -0.3 is 14.2 Å². The van der Waals surface area contributed by atoms with E-state index in [1.54, 1.807) is 6.92 Å². The minimum atomic E-state index is -0.440. The summed E-state index contributed by atoms with van der Waals surface area (Å²) in [6, 6.07) is 0. The quantitative estimate of drug-likeness (QED) is 0.310. The Morgan fingerprint density at radius 2 is 1.42 bits per heavy atom. The van der Waals surface area contributed by atoms with Gasteiger partial charge in [-0.2, -0.15) is 0 Å². The van der Waals surface area contributed by atoms with E-state index in [4.69, 9.17) is 9.47 Å². The Labute approximate surface area is 116 Å². The van der Waals surface area contributed by atoms with E-state index < -0.39 is 5.97 Å². The van der Waals surface area contributed by atoms with Crippen LogP contribution in [0.1, 0.15) is 41.0 Å². The number of carbonyl (C=O) groups excluding carboxylic acids is 2. The molecule has 0 spiro atoms. The summed E-state index contributed by atoms with van der Waals surface area (Å²) >= 11 is 0. The second-order valence-electron chi connectivity index (χ2n) is 3.16. The van der Waals surface area contributed by atoms with Crippen LogP contribution >= 0.6 is 0 Å². The fraction of sp³-hybridized carbons (Fsp3) is 0.714. The number of ketones is 1. The maximum atomic E-state index is 10.4. The number of hydrogen-bond acceptors (Lipinski definition) is 5. The predicted molar refractivity (Wildman–Crippen MR) is 75.9 cm³/mol. The molecule has 0 aromatic rings. The van der Waals surface area contributed by atoms with Gasteiger partial charge in [-0.3, -0.25) is 9.59 Å². The highest BCUT2D eigenvalue weighted by atomic mass is 16.7. The van der Waals surface area contributed by atoms with Crippen molar-refractivity contribution in [1.82, 2.24) is 0 Å². The molecule has 0 saturated carbocycles. The molecule has 0 atom stereocenters. The van der Waals surface area contributed by atoms with E-state index in [1.807, 2.05) is 20.8 Å². The summed E-state index contributed by atoms with van der Waals surface area (Å²) in [5.41, 5.74) is 0. The summed E-state index contributed by atoms with van der Waals surface area (Å²) in [5, 5.41) is 0. The van der Waals surface area contributed by atoms with Gasteiger partial charge in [-0.1, -0.05) is 0 Å². The summed E-state index contributed by atoms with van der Waals surface area (Å²) in [4.78, 5) is 20.6. The Hall–Kier alpha value is -1.20. The minimum absolute atomic E-state index is 0.0370. The Kier molecular flexibility index (Phi) is 23.1. The highest BCUT2D eigenvalue weighted by Crippen LogP contribution is 1.90. The van der Waals surface area contributed by atoms with Gasteiger partial charge >= 0.3 is 5.97 Å². The number of ether oxygens (including phenoxy) is 3. The summed E-state index contributed by atoms with van der Waals surface area (Å²) in [5.74, 6) is -0.599. The van der Waals surface area contributed by atoms with Crippen molar-refractivity contribution in [3.63, 3.8) is 0 Å². The van der Waals surface area contributed by atoms with Crippen LogP contribution < -0.4 is 0 Å². The summed E-state index contributed by atoms with van der Waals surface area (Å²) in [7, 11) is 0. The van der Waals surface area contributed by atoms with E-state index in [9.17, 15) is 9.59 Å². The lowest BCUT2D eigenvalue weighted by molar-refractivity contribution is -0.145. The fourth-order valence-corrected chi connectivity index (χ4v) is 0.933. The molecule has 0 aliphatic heterocycles. The summed E-state index contributed by atoms with van der Waals surface area (Å²) in [6.07, 6.45) is -0.140. The second kappa shape index (κ2) is 19.1. The Morgan fingerprint density at radius 1 is 1.00 bits per heavy atom. The van der Waals surface area contributed by atoms with Crippen LogP contribution in [0.4, 0.5) is 0 Å². The molecule has 0 heterocycles. The lowest BCUT2D eigenvalue weighted by atomic mass is 10.3. The molecule has 5 heteroatoms. The van der Waals surface area contributed by atoms with Crippen molar-refractivity contribution in [2.24, 2.45) is 0 Å². The van der Waals surface area contributed by atoms with Gasteiger partial charge in [0.15, 0.2) is 6.29 Å². The van der Waals surface area contributed by atoms with E-state index in [0.717, 1.165) is 13.2 Å². The van der Waals surface area contributed by atoms with Crippen LogP contribution in [0.3, 0.4) is 0 Å². The lowest BCUT2D eigenvalue weighted by Gasteiger charge is -2.09. The fourth-order valence-electron chi connectivity index (χ4n) is 0.933. The molecule has 0 amide bonds. The van der Waals surface area contributed by atoms with Crippen molar-refractivity contribution in [2.75, 3.05) is 19.8 Å². The number of hydrogen-bond donors (Lipinski definition) is 0. The highest BCUT2D eigenvalue weighted by Gasteiger charge is 2.03. The Morgan fingerprint density at radius 3 is 1.68 bits per heavy atom. The molecule has 0 unspecified atom stereocenters. The first-order chi connectivity index (χ1) is 8.97. The van der Waals surface area contributed by atoms with Gasteiger partial charge in [0.1, 0.15) is 12.2 Å². The lowest BCUT2D eigenvalue weighted by Crippen LogP contribution is -2.11. The van der Waals surface area contributed by atoms with E-state index in [1.165, 1.54) is 6.92 Å². The van der Waals surface area contributed by atoms with E-state index in [0.29, 0.717) is 6.61 Å². The van der Waals surface area contributed by atoms with Gasteiger partial charge in [0.05, 0.1) is 6.61 Å². The van der Waals surface area contributed by atoms with Crippen LogP contribution in [0.2, 0.25) is 0 Å². The molecule has 0 aliphatic carbocycles. The van der Waals surface area contributed by atoms with Gasteiger partial charge in [-0.05, 0) is 34.6 Å². The van der Waals surface area contributed by atoms with Crippen LogP contribution in [0.5, 0.6) is 0 Å². The third-order valence-electron chi connectivity index (χ3n) is 1.50. The van der Waals surface area contributed by atoms with Crippen LogP contribution in [0, 0.1) is 0 Å². The largest absolute Gasteiger partial charge is 0.466 e. The van der Waals surface area contributed by atoms with E-state index in [-0.39, 0.29) is 18.5 Å². The number of esters is 1. The van der Waals surface area contributed by atoms with Crippen LogP contribution in [0.25, 0.3) is 0 Å². The molecule has 0 bridgehead atoms. The van der Waals surface area contributed by atoms with E-state index >= 15 is 0 Å². The van der Waals surface area contributed by atoms with Crippen molar-refractivity contribution < 1.29 is 23.8 Å². The topological polar surface area (TPSA) is 61.8 Å². The molecule has 0 rings (SSSR count). The first-order valence-electron chi connectivity index (χ1n) is 6.36. The van der Waals surface area contributed by atoms with Crippen molar-refractivity contribution in [1.29, 1.82) is 0 Å². The van der Waals surface area contributed by atoms with Crippen LogP contribution in [-0.4, -0.2) is 37.9 Å². The minimum Gasteiger partial charge on any atom is -0.466 e. The molecular weight excluding hydrogens is 248 g/mol. The van der Waals surface area contributed by atoms with Crippen molar-refractivity contribution in [3.8, 4) is 0 Å². The SMILES string of the molecule is C=C.CCOC(=O)CC(C)=O.CCOC(C)OCC. The molecule has 0 aromatic heterocycles. The molecular formula is C14H28O5. The average molecular weight is 276 g/mol. The molecule has 0 radical (unpaired) electrons. The first kappa shape index (κ1) is 22.9. The summed E-state index contributed by atoms with van der Waals surface area (Å²) in [6.45, 7) is 16.7. The zero-order chi connectivity index (χ0) is 15.7. The first-order valence-corrected chi connectivity index (χ1v) is 6.36. The van der Waals surface area contributed by atoms with Gasteiger partial charge in [0.2, 0.25) is 0 Å².